The Morgan fingerprint density at radius 1 is 1.35 bits per heavy atom. The maximum Gasteiger partial charge on any atom is 0.271 e. The third-order valence-electron chi connectivity index (χ3n) is 3.49. The molecule has 2 heterocycles. The van der Waals surface area contributed by atoms with E-state index in [0.29, 0.717) is 12.3 Å². The highest BCUT2D eigenvalue weighted by Gasteiger charge is 2.22. The summed E-state index contributed by atoms with van der Waals surface area (Å²) in [6, 6.07) is 5.17. The van der Waals surface area contributed by atoms with Crippen LogP contribution in [0.2, 0.25) is 0 Å². The highest BCUT2D eigenvalue weighted by Crippen LogP contribution is 2.30. The van der Waals surface area contributed by atoms with Crippen molar-refractivity contribution in [2.75, 3.05) is 0 Å². The van der Waals surface area contributed by atoms with Crippen molar-refractivity contribution in [1.29, 1.82) is 0 Å². The van der Waals surface area contributed by atoms with Crippen LogP contribution in [-0.4, -0.2) is 8.42 Å². The molecule has 0 saturated carbocycles. The Morgan fingerprint density at radius 2 is 2.20 bits per heavy atom. The van der Waals surface area contributed by atoms with Gasteiger partial charge in [0, 0.05) is 18.0 Å². The van der Waals surface area contributed by atoms with Gasteiger partial charge in [0.05, 0.1) is 12.8 Å². The zero-order chi connectivity index (χ0) is 14.2. The number of nitrogens with two attached hydrogens (primary N) is 1. The minimum Gasteiger partial charge on any atom is -0.469 e. The molecule has 20 heavy (non-hydrogen) atoms. The number of hydrogen-bond donors (Lipinski definition) is 2. The second-order valence-corrected chi connectivity index (χ2v) is 6.38. The van der Waals surface area contributed by atoms with Gasteiger partial charge in [0.1, 0.15) is 11.5 Å². The van der Waals surface area contributed by atoms with Gasteiger partial charge in [-0.1, -0.05) is 0 Å². The van der Waals surface area contributed by atoms with E-state index >= 15 is 0 Å². The van der Waals surface area contributed by atoms with Gasteiger partial charge in [-0.25, -0.2) is 13.6 Å². The topological polar surface area (TPSA) is 98.5 Å². The van der Waals surface area contributed by atoms with Crippen molar-refractivity contribution in [2.45, 2.75) is 36.9 Å². The monoisotopic (exact) mass is 296 g/mol. The molecule has 0 aromatic carbocycles. The van der Waals surface area contributed by atoms with Gasteiger partial charge < -0.3 is 14.2 Å². The predicted octanol–water partition coefficient (Wildman–Crippen LogP) is 1.69. The van der Waals surface area contributed by atoms with Gasteiger partial charge in [0.15, 0.2) is 0 Å². The van der Waals surface area contributed by atoms with Crippen LogP contribution in [0.15, 0.2) is 38.4 Å². The number of aryl methyl sites for hydroxylation is 1. The summed E-state index contributed by atoms with van der Waals surface area (Å²) in [5.74, 6) is 1.57. The van der Waals surface area contributed by atoms with E-state index in [1.165, 1.54) is 11.6 Å². The van der Waals surface area contributed by atoms with Gasteiger partial charge in [-0.2, -0.15) is 0 Å². The summed E-state index contributed by atoms with van der Waals surface area (Å²) in [7, 11) is -3.77. The van der Waals surface area contributed by atoms with E-state index < -0.39 is 10.0 Å². The van der Waals surface area contributed by atoms with Crippen LogP contribution in [0.25, 0.3) is 0 Å². The minimum absolute atomic E-state index is 0.207. The van der Waals surface area contributed by atoms with Crippen LogP contribution in [0.3, 0.4) is 0 Å². The second-order valence-electron chi connectivity index (χ2n) is 4.89. The molecule has 0 saturated heterocycles. The molecule has 0 spiro atoms. The maximum atomic E-state index is 11.1. The fourth-order valence-electron chi connectivity index (χ4n) is 2.53. The molecule has 0 aliphatic heterocycles. The van der Waals surface area contributed by atoms with Crippen LogP contribution in [0.4, 0.5) is 0 Å². The largest absolute Gasteiger partial charge is 0.469 e. The molecular weight excluding hydrogens is 280 g/mol. The smallest absolute Gasteiger partial charge is 0.271 e. The fourth-order valence-corrected chi connectivity index (χ4v) is 3.01. The maximum absolute atomic E-state index is 11.1. The van der Waals surface area contributed by atoms with Crippen molar-refractivity contribution in [3.8, 4) is 0 Å². The number of sulfonamides is 1. The number of fused-ring (bicyclic) bond motifs is 1. The minimum atomic E-state index is -3.77. The molecule has 1 aliphatic carbocycles. The van der Waals surface area contributed by atoms with Crippen LogP contribution >= 0.6 is 0 Å². The molecule has 7 heteroatoms. The Labute approximate surface area is 117 Å². The molecule has 1 unspecified atom stereocenters. The van der Waals surface area contributed by atoms with Crippen molar-refractivity contribution in [2.24, 2.45) is 5.14 Å². The summed E-state index contributed by atoms with van der Waals surface area (Å²) in [4.78, 5) is 0. The summed E-state index contributed by atoms with van der Waals surface area (Å²) >= 11 is 0. The van der Waals surface area contributed by atoms with Crippen molar-refractivity contribution in [1.82, 2.24) is 5.32 Å². The number of furan rings is 2. The first-order chi connectivity index (χ1) is 9.54. The van der Waals surface area contributed by atoms with E-state index in [0.717, 1.165) is 25.0 Å². The van der Waals surface area contributed by atoms with Crippen LogP contribution in [0.1, 0.15) is 36.0 Å². The van der Waals surface area contributed by atoms with Gasteiger partial charge in [0.25, 0.3) is 10.0 Å². The zero-order valence-corrected chi connectivity index (χ0v) is 11.7. The summed E-state index contributed by atoms with van der Waals surface area (Å²) in [6.45, 7) is 0.449. The summed E-state index contributed by atoms with van der Waals surface area (Å²) in [5.41, 5.74) is 1.18. The Hall–Kier alpha value is -1.57. The van der Waals surface area contributed by atoms with Crippen molar-refractivity contribution in [3.63, 3.8) is 0 Å². The van der Waals surface area contributed by atoms with Gasteiger partial charge in [-0.15, -0.1) is 0 Å². The highest BCUT2D eigenvalue weighted by atomic mass is 32.2. The third-order valence-corrected chi connectivity index (χ3v) is 4.27. The Morgan fingerprint density at radius 3 is 2.95 bits per heavy atom. The standard InChI is InChI=1S/C13H16N2O4S/c14-20(16,17)13-5-4-9(19-13)8-15-11-2-1-3-12-10(11)6-7-18-12/h4-7,11,15H,1-3,8H2,(H2,14,16,17). The lowest BCUT2D eigenvalue weighted by Gasteiger charge is -2.22. The number of primary sulfonamides is 1. The van der Waals surface area contributed by atoms with Crippen LogP contribution in [0.5, 0.6) is 0 Å². The number of rotatable bonds is 4. The van der Waals surface area contributed by atoms with Gasteiger partial charge in [0.2, 0.25) is 5.09 Å². The van der Waals surface area contributed by atoms with Crippen LogP contribution < -0.4 is 10.5 Å². The highest BCUT2D eigenvalue weighted by molar-refractivity contribution is 7.89. The summed E-state index contributed by atoms with van der Waals surface area (Å²) in [5, 5.41) is 8.15. The van der Waals surface area contributed by atoms with E-state index in [2.05, 4.69) is 5.32 Å². The first-order valence-electron chi connectivity index (χ1n) is 6.45. The molecule has 2 aromatic rings. The Bertz CT molecular complexity index is 702. The molecule has 2 aromatic heterocycles. The van der Waals surface area contributed by atoms with Crippen molar-refractivity contribution >= 4 is 10.0 Å². The first-order valence-corrected chi connectivity index (χ1v) is 8.00. The lowest BCUT2D eigenvalue weighted by Crippen LogP contribution is -2.23. The third kappa shape index (κ3) is 2.65. The molecule has 3 N–H and O–H groups in total. The molecular formula is C13H16N2O4S. The molecule has 0 amide bonds. The SMILES string of the molecule is NS(=O)(=O)c1ccc(CNC2CCCc3occc32)o1. The normalized spacial score (nSPS) is 18.9. The average molecular weight is 296 g/mol. The lowest BCUT2D eigenvalue weighted by molar-refractivity contribution is 0.368. The molecule has 1 aliphatic rings. The second kappa shape index (κ2) is 5.08. The van der Waals surface area contributed by atoms with Crippen molar-refractivity contribution < 1.29 is 17.3 Å². The molecule has 0 bridgehead atoms. The molecule has 3 rings (SSSR count). The summed E-state index contributed by atoms with van der Waals surface area (Å²) in [6.07, 6.45) is 4.77. The Kier molecular flexibility index (Phi) is 3.41. The molecule has 0 fully saturated rings. The van der Waals surface area contributed by atoms with Gasteiger partial charge >= 0.3 is 0 Å². The molecule has 6 nitrogen and oxygen atoms in total. The quantitative estimate of drug-likeness (QED) is 0.894. The van der Waals surface area contributed by atoms with Crippen LogP contribution in [0, 0.1) is 0 Å². The molecule has 108 valence electrons. The van der Waals surface area contributed by atoms with E-state index in [-0.39, 0.29) is 11.1 Å². The Balaban J connectivity index is 1.68. The average Bonchev–Trinajstić information content (AvgIpc) is 3.04. The van der Waals surface area contributed by atoms with Gasteiger partial charge in [-0.3, -0.25) is 0 Å². The lowest BCUT2D eigenvalue weighted by atomic mass is 9.93. The number of nitrogens with one attached hydrogen (secondary N) is 1. The van der Waals surface area contributed by atoms with E-state index in [1.54, 1.807) is 12.3 Å². The summed E-state index contributed by atoms with van der Waals surface area (Å²) < 4.78 is 32.9. The number of hydrogen-bond acceptors (Lipinski definition) is 5. The molecule has 1 atom stereocenters. The fraction of sp³-hybridized carbons (Fsp3) is 0.385. The van der Waals surface area contributed by atoms with Crippen molar-refractivity contribution in [3.05, 3.63) is 41.5 Å². The predicted molar refractivity (Wildman–Crippen MR) is 71.3 cm³/mol. The van der Waals surface area contributed by atoms with E-state index in [4.69, 9.17) is 14.0 Å². The van der Waals surface area contributed by atoms with Crippen LogP contribution in [-0.2, 0) is 23.0 Å². The van der Waals surface area contributed by atoms with E-state index in [9.17, 15) is 8.42 Å². The first kappa shape index (κ1) is 13.4. The molecule has 0 radical (unpaired) electrons. The van der Waals surface area contributed by atoms with E-state index in [1.807, 2.05) is 6.07 Å². The zero-order valence-electron chi connectivity index (χ0n) is 10.8. The van der Waals surface area contributed by atoms with Gasteiger partial charge in [-0.05, 0) is 31.0 Å².